The van der Waals surface area contributed by atoms with Gasteiger partial charge in [-0.15, -0.1) is 0 Å². The minimum absolute atomic E-state index is 0.473. The first-order valence-electron chi connectivity index (χ1n) is 5.13. The van der Waals surface area contributed by atoms with Crippen molar-refractivity contribution in [2.75, 3.05) is 0 Å². The maximum atomic E-state index is 9.90. The molecule has 12 heavy (non-hydrogen) atoms. The van der Waals surface area contributed by atoms with Crippen molar-refractivity contribution >= 4 is 0 Å². The first-order valence-corrected chi connectivity index (χ1v) is 5.13. The molecule has 1 nitrogen and oxygen atoms in total. The second-order valence-corrected chi connectivity index (χ2v) is 5.16. The first-order chi connectivity index (χ1) is 5.41. The molecule has 0 bridgehead atoms. The zero-order valence-corrected chi connectivity index (χ0v) is 8.80. The molecule has 72 valence electrons. The van der Waals surface area contributed by atoms with Gasteiger partial charge < -0.3 is 5.11 Å². The predicted octanol–water partition coefficient (Wildman–Crippen LogP) is 2.83. The molecule has 1 saturated carbocycles. The molecular formula is C11H22O. The van der Waals surface area contributed by atoms with Crippen molar-refractivity contribution in [3.63, 3.8) is 0 Å². The maximum Gasteiger partial charge on any atom is 0.0622 e. The molecule has 0 spiro atoms. The highest BCUT2D eigenvalue weighted by atomic mass is 16.3. The third kappa shape index (κ3) is 2.22. The molecule has 3 atom stereocenters. The molecule has 1 heteroatoms. The van der Waals surface area contributed by atoms with Crippen molar-refractivity contribution in [2.24, 2.45) is 17.8 Å². The van der Waals surface area contributed by atoms with Gasteiger partial charge in [0.15, 0.2) is 0 Å². The van der Waals surface area contributed by atoms with Crippen LogP contribution in [0.2, 0.25) is 0 Å². The zero-order valence-electron chi connectivity index (χ0n) is 8.80. The standard InChI is InChI=1S/C11H22O/c1-8-5-6-10(9(2)7-8)11(3,4)12/h8-10,12H,5-7H2,1-4H3/t8-,9+,10?/m1/s1. The van der Waals surface area contributed by atoms with E-state index in [0.717, 1.165) is 5.92 Å². The Morgan fingerprint density at radius 3 is 2.17 bits per heavy atom. The first kappa shape index (κ1) is 10.0. The van der Waals surface area contributed by atoms with Gasteiger partial charge in [0.2, 0.25) is 0 Å². The molecule has 0 aromatic carbocycles. The summed E-state index contributed by atoms with van der Waals surface area (Å²) < 4.78 is 0. The van der Waals surface area contributed by atoms with Crippen LogP contribution < -0.4 is 0 Å². The van der Waals surface area contributed by atoms with Gasteiger partial charge in [0.25, 0.3) is 0 Å². The van der Waals surface area contributed by atoms with Gasteiger partial charge in [-0.2, -0.15) is 0 Å². The molecule has 1 N–H and O–H groups in total. The summed E-state index contributed by atoms with van der Waals surface area (Å²) in [5.74, 6) is 2.06. The van der Waals surface area contributed by atoms with Gasteiger partial charge in [-0.3, -0.25) is 0 Å². The fraction of sp³-hybridized carbons (Fsp3) is 1.00. The van der Waals surface area contributed by atoms with Crippen molar-refractivity contribution in [1.29, 1.82) is 0 Å². The number of aliphatic hydroxyl groups is 1. The summed E-state index contributed by atoms with van der Waals surface area (Å²) in [4.78, 5) is 0. The molecule has 0 aromatic rings. The minimum atomic E-state index is -0.473. The SMILES string of the molecule is C[C@@H]1CCC(C(C)(C)O)[C@@H](C)C1. The van der Waals surface area contributed by atoms with E-state index >= 15 is 0 Å². The molecular weight excluding hydrogens is 148 g/mol. The van der Waals surface area contributed by atoms with E-state index in [1.807, 2.05) is 13.8 Å². The van der Waals surface area contributed by atoms with Crippen molar-refractivity contribution in [1.82, 2.24) is 0 Å². The highest BCUT2D eigenvalue weighted by Gasteiger charge is 2.35. The monoisotopic (exact) mass is 170 g/mol. The molecule has 1 unspecified atom stereocenters. The van der Waals surface area contributed by atoms with E-state index in [1.165, 1.54) is 19.3 Å². The van der Waals surface area contributed by atoms with E-state index in [9.17, 15) is 5.11 Å². The van der Waals surface area contributed by atoms with E-state index in [1.54, 1.807) is 0 Å². The molecule has 1 fully saturated rings. The van der Waals surface area contributed by atoms with Crippen molar-refractivity contribution in [2.45, 2.75) is 52.6 Å². The summed E-state index contributed by atoms with van der Waals surface area (Å²) in [5, 5.41) is 9.90. The summed E-state index contributed by atoms with van der Waals surface area (Å²) in [6, 6.07) is 0. The van der Waals surface area contributed by atoms with Crippen LogP contribution in [-0.4, -0.2) is 10.7 Å². The highest BCUT2D eigenvalue weighted by molar-refractivity contribution is 4.85. The molecule has 1 aliphatic rings. The lowest BCUT2D eigenvalue weighted by atomic mass is 9.69. The van der Waals surface area contributed by atoms with E-state index in [2.05, 4.69) is 13.8 Å². The maximum absolute atomic E-state index is 9.90. The van der Waals surface area contributed by atoms with Gasteiger partial charge >= 0.3 is 0 Å². The van der Waals surface area contributed by atoms with Crippen LogP contribution in [0.15, 0.2) is 0 Å². The van der Waals surface area contributed by atoms with Gasteiger partial charge in [-0.05, 0) is 44.4 Å². The predicted molar refractivity (Wildman–Crippen MR) is 52.0 cm³/mol. The molecule has 0 radical (unpaired) electrons. The van der Waals surface area contributed by atoms with Crippen molar-refractivity contribution in [3.05, 3.63) is 0 Å². The Labute approximate surface area is 76.2 Å². The fourth-order valence-corrected chi connectivity index (χ4v) is 2.71. The average Bonchev–Trinajstić information content (AvgIpc) is 1.83. The Bertz CT molecular complexity index is 146. The van der Waals surface area contributed by atoms with Crippen LogP contribution in [0.3, 0.4) is 0 Å². The minimum Gasteiger partial charge on any atom is -0.390 e. The summed E-state index contributed by atoms with van der Waals surface area (Å²) in [7, 11) is 0. The second-order valence-electron chi connectivity index (χ2n) is 5.16. The third-order valence-corrected chi connectivity index (χ3v) is 3.34. The van der Waals surface area contributed by atoms with Gasteiger partial charge in [0.05, 0.1) is 5.60 Å². The Morgan fingerprint density at radius 1 is 1.17 bits per heavy atom. The molecule has 0 heterocycles. The van der Waals surface area contributed by atoms with Crippen LogP contribution in [-0.2, 0) is 0 Å². The van der Waals surface area contributed by atoms with Gasteiger partial charge in [0, 0.05) is 0 Å². The van der Waals surface area contributed by atoms with Gasteiger partial charge in [0.1, 0.15) is 0 Å². The summed E-state index contributed by atoms with van der Waals surface area (Å²) in [5.41, 5.74) is -0.473. The van der Waals surface area contributed by atoms with Gasteiger partial charge in [-0.1, -0.05) is 20.3 Å². The Hall–Kier alpha value is -0.0400. The number of rotatable bonds is 1. The molecule has 1 rings (SSSR count). The Morgan fingerprint density at radius 2 is 1.75 bits per heavy atom. The van der Waals surface area contributed by atoms with E-state index in [0.29, 0.717) is 11.8 Å². The van der Waals surface area contributed by atoms with E-state index in [-0.39, 0.29) is 0 Å². The topological polar surface area (TPSA) is 20.2 Å². The summed E-state index contributed by atoms with van der Waals surface area (Å²) in [6.45, 7) is 8.49. The lowest BCUT2D eigenvalue weighted by molar-refractivity contribution is -0.0302. The molecule has 0 aromatic heterocycles. The lowest BCUT2D eigenvalue weighted by Crippen LogP contribution is -2.38. The van der Waals surface area contributed by atoms with Crippen LogP contribution >= 0.6 is 0 Å². The van der Waals surface area contributed by atoms with Gasteiger partial charge in [-0.25, -0.2) is 0 Å². The normalized spacial score (nSPS) is 38.2. The van der Waals surface area contributed by atoms with Crippen LogP contribution in [0, 0.1) is 17.8 Å². The molecule has 0 amide bonds. The second kappa shape index (κ2) is 3.37. The summed E-state index contributed by atoms with van der Waals surface area (Å²) in [6.07, 6.45) is 3.78. The van der Waals surface area contributed by atoms with E-state index < -0.39 is 5.60 Å². The fourth-order valence-electron chi connectivity index (χ4n) is 2.71. The molecule has 1 aliphatic carbocycles. The number of hydrogen-bond donors (Lipinski definition) is 1. The van der Waals surface area contributed by atoms with Crippen LogP contribution in [0.25, 0.3) is 0 Å². The largest absolute Gasteiger partial charge is 0.390 e. The Balaban J connectivity index is 2.57. The zero-order chi connectivity index (χ0) is 9.35. The van der Waals surface area contributed by atoms with Crippen LogP contribution in [0.4, 0.5) is 0 Å². The van der Waals surface area contributed by atoms with Crippen molar-refractivity contribution < 1.29 is 5.11 Å². The summed E-state index contributed by atoms with van der Waals surface area (Å²) >= 11 is 0. The smallest absolute Gasteiger partial charge is 0.0622 e. The quantitative estimate of drug-likeness (QED) is 0.641. The molecule has 0 aliphatic heterocycles. The van der Waals surface area contributed by atoms with Crippen molar-refractivity contribution in [3.8, 4) is 0 Å². The Kier molecular flexibility index (Phi) is 2.82. The number of hydrogen-bond acceptors (Lipinski definition) is 1. The lowest BCUT2D eigenvalue weighted by Gasteiger charge is -2.39. The van der Waals surface area contributed by atoms with Crippen LogP contribution in [0.1, 0.15) is 47.0 Å². The van der Waals surface area contributed by atoms with Crippen LogP contribution in [0.5, 0.6) is 0 Å². The van der Waals surface area contributed by atoms with E-state index in [4.69, 9.17) is 0 Å². The third-order valence-electron chi connectivity index (χ3n) is 3.34. The highest BCUT2D eigenvalue weighted by Crippen LogP contribution is 2.39. The average molecular weight is 170 g/mol. The molecule has 0 saturated heterocycles.